The molecule has 7 heteroatoms. The number of hydrogen-bond donors (Lipinski definition) is 2. The number of piperidine rings is 1. The molecule has 1 aromatic rings. The van der Waals surface area contributed by atoms with Crippen LogP contribution in [-0.4, -0.2) is 44.9 Å². The van der Waals surface area contributed by atoms with Gasteiger partial charge < -0.3 is 15.3 Å². The van der Waals surface area contributed by atoms with E-state index in [-0.39, 0.29) is 12.6 Å². The number of anilines is 1. The lowest BCUT2D eigenvalue weighted by molar-refractivity contribution is -0.150. The van der Waals surface area contributed by atoms with Gasteiger partial charge in [0.25, 0.3) is 0 Å². The third-order valence-corrected chi connectivity index (χ3v) is 3.98. The highest BCUT2D eigenvalue weighted by Crippen LogP contribution is 2.30. The summed E-state index contributed by atoms with van der Waals surface area (Å²) in [6.45, 7) is 4.48. The van der Waals surface area contributed by atoms with Crippen LogP contribution in [0.1, 0.15) is 32.4 Å². The first-order valence-corrected chi connectivity index (χ1v) is 7.17. The molecule has 1 aliphatic heterocycles. The second-order valence-corrected chi connectivity index (χ2v) is 5.84. The second-order valence-electron chi connectivity index (χ2n) is 5.84. The highest BCUT2D eigenvalue weighted by atomic mass is 16.4. The second kappa shape index (κ2) is 5.75. The van der Waals surface area contributed by atoms with Gasteiger partial charge in [-0.15, -0.1) is 0 Å². The predicted molar refractivity (Wildman–Crippen MR) is 78.2 cm³/mol. The van der Waals surface area contributed by atoms with Crippen molar-refractivity contribution in [3.8, 4) is 0 Å². The molecule has 1 aliphatic rings. The average molecular weight is 294 g/mol. The molecule has 2 heterocycles. The van der Waals surface area contributed by atoms with Crippen molar-refractivity contribution in [2.24, 2.45) is 12.5 Å². The van der Waals surface area contributed by atoms with Gasteiger partial charge in [0.2, 0.25) is 0 Å². The lowest BCUT2D eigenvalue weighted by atomic mass is 9.82. The smallest absolute Gasteiger partial charge is 0.321 e. The van der Waals surface area contributed by atoms with Crippen LogP contribution in [0.4, 0.5) is 10.5 Å². The van der Waals surface area contributed by atoms with Crippen molar-refractivity contribution in [3.05, 3.63) is 11.9 Å². The Bertz CT molecular complexity index is 554. The van der Waals surface area contributed by atoms with Crippen LogP contribution in [0.2, 0.25) is 0 Å². The Morgan fingerprint density at radius 2 is 2.24 bits per heavy atom. The van der Waals surface area contributed by atoms with E-state index in [1.54, 1.807) is 29.7 Å². The van der Waals surface area contributed by atoms with Crippen LogP contribution in [0.15, 0.2) is 6.20 Å². The van der Waals surface area contributed by atoms with Gasteiger partial charge in [0.1, 0.15) is 0 Å². The third-order valence-electron chi connectivity index (χ3n) is 3.98. The molecule has 2 rings (SSSR count). The van der Waals surface area contributed by atoms with Crippen molar-refractivity contribution in [3.63, 3.8) is 0 Å². The molecule has 7 nitrogen and oxygen atoms in total. The topological polar surface area (TPSA) is 87.5 Å². The molecule has 0 spiro atoms. The van der Waals surface area contributed by atoms with Crippen LogP contribution in [0, 0.1) is 5.41 Å². The number of amides is 2. The Kier molecular flexibility index (Phi) is 4.20. The van der Waals surface area contributed by atoms with E-state index < -0.39 is 11.4 Å². The summed E-state index contributed by atoms with van der Waals surface area (Å²) >= 11 is 0. The van der Waals surface area contributed by atoms with Gasteiger partial charge in [-0.1, -0.05) is 6.92 Å². The maximum atomic E-state index is 12.3. The Morgan fingerprint density at radius 3 is 2.86 bits per heavy atom. The molecule has 1 atom stereocenters. The average Bonchev–Trinajstić information content (AvgIpc) is 2.78. The number of nitrogens with zero attached hydrogens (tertiary/aromatic N) is 3. The molecular formula is C14H22N4O3. The monoisotopic (exact) mass is 294 g/mol. The molecule has 21 heavy (non-hydrogen) atoms. The standard InChI is InChI=1S/C14H22N4O3/c1-4-10-11(8-17(3)16-10)15-13(21)18-7-5-6-14(2,9-18)12(19)20/h8H,4-7,9H2,1-3H3,(H,15,21)(H,19,20). The van der Waals surface area contributed by atoms with Crippen molar-refractivity contribution in [2.45, 2.75) is 33.1 Å². The number of nitrogens with one attached hydrogen (secondary N) is 1. The Hall–Kier alpha value is -2.05. The SMILES string of the molecule is CCc1nn(C)cc1NC(=O)N1CCCC(C)(C(=O)O)C1. The van der Waals surface area contributed by atoms with E-state index in [9.17, 15) is 14.7 Å². The Morgan fingerprint density at radius 1 is 1.52 bits per heavy atom. The molecule has 1 aromatic heterocycles. The fourth-order valence-electron chi connectivity index (χ4n) is 2.68. The molecule has 1 unspecified atom stereocenters. The van der Waals surface area contributed by atoms with Gasteiger partial charge in [0.15, 0.2) is 0 Å². The van der Waals surface area contributed by atoms with Crippen LogP contribution in [0.25, 0.3) is 0 Å². The first-order chi connectivity index (χ1) is 9.85. The predicted octanol–water partition coefficient (Wildman–Crippen LogP) is 1.70. The fraction of sp³-hybridized carbons (Fsp3) is 0.643. The van der Waals surface area contributed by atoms with Crippen molar-refractivity contribution in [2.75, 3.05) is 18.4 Å². The first kappa shape index (κ1) is 15.3. The van der Waals surface area contributed by atoms with E-state index in [1.165, 1.54) is 0 Å². The summed E-state index contributed by atoms with van der Waals surface area (Å²) in [5, 5.41) is 16.4. The molecule has 2 N–H and O–H groups in total. The van der Waals surface area contributed by atoms with E-state index in [1.807, 2.05) is 6.92 Å². The lowest BCUT2D eigenvalue weighted by Crippen LogP contribution is -2.49. The molecular weight excluding hydrogens is 272 g/mol. The highest BCUT2D eigenvalue weighted by molar-refractivity contribution is 5.90. The Labute approximate surface area is 123 Å². The van der Waals surface area contributed by atoms with Crippen LogP contribution < -0.4 is 5.32 Å². The first-order valence-electron chi connectivity index (χ1n) is 7.17. The van der Waals surface area contributed by atoms with Gasteiger partial charge in [-0.3, -0.25) is 9.48 Å². The number of aromatic nitrogens is 2. The van der Waals surface area contributed by atoms with Gasteiger partial charge in [-0.2, -0.15) is 5.10 Å². The van der Waals surface area contributed by atoms with Crippen molar-refractivity contribution >= 4 is 17.7 Å². The van der Waals surface area contributed by atoms with Crippen molar-refractivity contribution < 1.29 is 14.7 Å². The van der Waals surface area contributed by atoms with Gasteiger partial charge >= 0.3 is 12.0 Å². The number of hydrogen-bond acceptors (Lipinski definition) is 3. The van der Waals surface area contributed by atoms with E-state index in [2.05, 4.69) is 10.4 Å². The van der Waals surface area contributed by atoms with Gasteiger partial charge in [0.05, 0.1) is 16.8 Å². The summed E-state index contributed by atoms with van der Waals surface area (Å²) in [6.07, 6.45) is 3.78. The molecule has 2 amide bonds. The molecule has 0 saturated carbocycles. The van der Waals surface area contributed by atoms with Crippen LogP contribution in [0.3, 0.4) is 0 Å². The lowest BCUT2D eigenvalue weighted by Gasteiger charge is -2.37. The minimum atomic E-state index is -0.863. The van der Waals surface area contributed by atoms with Gasteiger partial charge in [0, 0.05) is 26.3 Å². The maximum absolute atomic E-state index is 12.3. The molecule has 1 saturated heterocycles. The zero-order valence-corrected chi connectivity index (χ0v) is 12.7. The highest BCUT2D eigenvalue weighted by Gasteiger charge is 2.39. The van der Waals surface area contributed by atoms with E-state index >= 15 is 0 Å². The molecule has 0 bridgehead atoms. The normalized spacial score (nSPS) is 22.1. The van der Waals surface area contributed by atoms with Crippen molar-refractivity contribution in [1.29, 1.82) is 0 Å². The summed E-state index contributed by atoms with van der Waals surface area (Å²) in [7, 11) is 1.80. The van der Waals surface area contributed by atoms with Crippen LogP contribution >= 0.6 is 0 Å². The molecule has 0 radical (unpaired) electrons. The molecule has 116 valence electrons. The largest absolute Gasteiger partial charge is 0.481 e. The van der Waals surface area contributed by atoms with E-state index in [4.69, 9.17) is 0 Å². The minimum absolute atomic E-state index is 0.232. The number of aryl methyl sites for hydroxylation is 2. The van der Waals surface area contributed by atoms with Crippen LogP contribution in [0.5, 0.6) is 0 Å². The summed E-state index contributed by atoms with van der Waals surface area (Å²) in [5.41, 5.74) is 0.648. The Balaban J connectivity index is 2.08. The molecule has 0 aliphatic carbocycles. The number of likely N-dealkylation sites (tertiary alicyclic amines) is 1. The quantitative estimate of drug-likeness (QED) is 0.888. The number of carbonyl (C=O) groups excluding carboxylic acids is 1. The number of carbonyl (C=O) groups is 2. The number of rotatable bonds is 3. The van der Waals surface area contributed by atoms with Crippen LogP contribution in [-0.2, 0) is 18.3 Å². The van der Waals surface area contributed by atoms with E-state index in [0.29, 0.717) is 25.1 Å². The summed E-state index contributed by atoms with van der Waals surface area (Å²) in [4.78, 5) is 25.2. The summed E-state index contributed by atoms with van der Waals surface area (Å²) in [6, 6.07) is -0.259. The number of aliphatic carboxylic acids is 1. The van der Waals surface area contributed by atoms with E-state index in [0.717, 1.165) is 12.1 Å². The zero-order valence-electron chi connectivity index (χ0n) is 12.7. The number of carboxylic acid groups (broad SMARTS) is 1. The number of urea groups is 1. The third kappa shape index (κ3) is 3.17. The maximum Gasteiger partial charge on any atom is 0.321 e. The van der Waals surface area contributed by atoms with Crippen molar-refractivity contribution in [1.82, 2.24) is 14.7 Å². The minimum Gasteiger partial charge on any atom is -0.481 e. The summed E-state index contributed by atoms with van der Waals surface area (Å²) in [5.74, 6) is -0.851. The van der Waals surface area contributed by atoms with Gasteiger partial charge in [-0.25, -0.2) is 4.79 Å². The number of carboxylic acids is 1. The molecule has 1 fully saturated rings. The molecule has 0 aromatic carbocycles. The fourth-order valence-corrected chi connectivity index (χ4v) is 2.68. The summed E-state index contributed by atoms with van der Waals surface area (Å²) < 4.78 is 1.66. The van der Waals surface area contributed by atoms with Gasteiger partial charge in [-0.05, 0) is 26.2 Å². The zero-order chi connectivity index (χ0) is 15.6.